The molecule has 28 heavy (non-hydrogen) atoms. The molecule has 150 valence electrons. The van der Waals surface area contributed by atoms with Crippen LogP contribution in [-0.2, 0) is 25.6 Å². The minimum Gasteiger partial charge on any atom is -0.480 e. The molecule has 0 spiro atoms. The number of aromatic amines is 1. The van der Waals surface area contributed by atoms with Crippen molar-refractivity contribution in [3.8, 4) is 0 Å². The van der Waals surface area contributed by atoms with Crippen LogP contribution < -0.4 is 22.1 Å². The van der Waals surface area contributed by atoms with Crippen LogP contribution >= 0.6 is 0 Å². The second-order valence-electron chi connectivity index (χ2n) is 6.47. The van der Waals surface area contributed by atoms with Gasteiger partial charge in [-0.2, -0.15) is 0 Å². The minimum atomic E-state index is -1.22. The van der Waals surface area contributed by atoms with Crippen molar-refractivity contribution >= 4 is 34.6 Å². The number of H-pyrrole nitrogens is 1. The number of carboxylic acid groups (broad SMARTS) is 1. The van der Waals surface area contributed by atoms with Crippen LogP contribution in [0.4, 0.5) is 0 Å². The second kappa shape index (κ2) is 9.00. The molecule has 0 aliphatic rings. The van der Waals surface area contributed by atoms with Crippen molar-refractivity contribution in [2.24, 2.45) is 11.5 Å². The zero-order valence-electron chi connectivity index (χ0n) is 15.3. The molecule has 1 aromatic carbocycles. The van der Waals surface area contributed by atoms with E-state index in [1.807, 2.05) is 24.3 Å². The summed E-state index contributed by atoms with van der Waals surface area (Å²) in [6, 6.07) is 3.96. The molecule has 3 amide bonds. The summed E-state index contributed by atoms with van der Waals surface area (Å²) in [5.41, 5.74) is 12.3. The highest BCUT2D eigenvalue weighted by molar-refractivity contribution is 5.94. The summed E-state index contributed by atoms with van der Waals surface area (Å²) in [7, 11) is 0. The summed E-state index contributed by atoms with van der Waals surface area (Å²) < 4.78 is 0. The van der Waals surface area contributed by atoms with Crippen molar-refractivity contribution in [1.82, 2.24) is 15.6 Å². The Balaban J connectivity index is 2.22. The predicted molar refractivity (Wildman–Crippen MR) is 101 cm³/mol. The van der Waals surface area contributed by atoms with E-state index in [9.17, 15) is 19.2 Å². The van der Waals surface area contributed by atoms with Gasteiger partial charge in [0.25, 0.3) is 0 Å². The number of carbonyl (C=O) groups excluding carboxylic acids is 3. The van der Waals surface area contributed by atoms with Gasteiger partial charge in [0.05, 0.1) is 12.5 Å². The molecule has 0 saturated carbocycles. The zero-order valence-corrected chi connectivity index (χ0v) is 15.3. The first-order chi connectivity index (χ1) is 13.2. The van der Waals surface area contributed by atoms with Crippen LogP contribution in [0.5, 0.6) is 0 Å². The molecule has 0 radical (unpaired) electrons. The molecule has 10 nitrogen and oxygen atoms in total. The Morgan fingerprint density at radius 2 is 1.82 bits per heavy atom. The van der Waals surface area contributed by atoms with E-state index in [4.69, 9.17) is 16.6 Å². The Kier molecular flexibility index (Phi) is 6.72. The fraction of sp³-hybridized carbons (Fsp3) is 0.333. The third-order valence-corrected chi connectivity index (χ3v) is 4.22. The molecular formula is C18H23N5O5. The van der Waals surface area contributed by atoms with Crippen molar-refractivity contribution < 1.29 is 24.3 Å². The van der Waals surface area contributed by atoms with Gasteiger partial charge in [0.15, 0.2) is 0 Å². The average molecular weight is 389 g/mol. The Bertz CT molecular complexity index is 893. The van der Waals surface area contributed by atoms with Crippen molar-refractivity contribution in [3.63, 3.8) is 0 Å². The van der Waals surface area contributed by atoms with Crippen LogP contribution in [-0.4, -0.2) is 51.9 Å². The number of amides is 3. The molecule has 10 heteroatoms. The second-order valence-corrected chi connectivity index (χ2v) is 6.47. The molecule has 8 N–H and O–H groups in total. The lowest BCUT2D eigenvalue weighted by Gasteiger charge is -2.21. The molecule has 0 aliphatic carbocycles. The van der Waals surface area contributed by atoms with Gasteiger partial charge in [-0.05, 0) is 18.6 Å². The SMILES string of the molecule is C[C@H](NC(=O)[C@H](Cc1c[nH]c2ccccc12)NC(=O)[C@@H](N)CC(N)=O)C(=O)O. The highest BCUT2D eigenvalue weighted by atomic mass is 16.4. The van der Waals surface area contributed by atoms with Gasteiger partial charge in [-0.15, -0.1) is 0 Å². The number of rotatable bonds is 9. The normalized spacial score (nSPS) is 14.1. The van der Waals surface area contributed by atoms with Crippen LogP contribution in [0.15, 0.2) is 30.5 Å². The first-order valence-corrected chi connectivity index (χ1v) is 8.61. The van der Waals surface area contributed by atoms with E-state index in [1.165, 1.54) is 6.92 Å². The smallest absolute Gasteiger partial charge is 0.325 e. The van der Waals surface area contributed by atoms with E-state index in [0.29, 0.717) is 0 Å². The van der Waals surface area contributed by atoms with E-state index in [2.05, 4.69) is 15.6 Å². The fourth-order valence-corrected chi connectivity index (χ4v) is 2.69. The maximum atomic E-state index is 12.6. The standard InChI is InChI=1S/C18H23N5O5/c1-9(18(27)28)22-17(26)14(23-16(25)12(19)7-15(20)24)6-10-8-21-13-5-3-2-4-11(10)13/h2-5,8-9,12,14,21H,6-7,19H2,1H3,(H2,20,24)(H,22,26)(H,23,25)(H,27,28)/t9-,12-,14-/m0/s1. The minimum absolute atomic E-state index is 0.0945. The van der Waals surface area contributed by atoms with E-state index in [1.54, 1.807) is 6.20 Å². The first kappa shape index (κ1) is 20.9. The number of carbonyl (C=O) groups is 4. The molecular weight excluding hydrogens is 366 g/mol. The van der Waals surface area contributed by atoms with Gasteiger partial charge in [-0.1, -0.05) is 18.2 Å². The summed E-state index contributed by atoms with van der Waals surface area (Å²) in [6.45, 7) is 1.31. The third-order valence-electron chi connectivity index (χ3n) is 4.22. The van der Waals surface area contributed by atoms with Crippen molar-refractivity contribution in [2.75, 3.05) is 0 Å². The van der Waals surface area contributed by atoms with Crippen LogP contribution in [0.1, 0.15) is 18.9 Å². The maximum Gasteiger partial charge on any atom is 0.325 e. The number of para-hydroxylation sites is 1. The van der Waals surface area contributed by atoms with E-state index in [0.717, 1.165) is 16.5 Å². The Morgan fingerprint density at radius 1 is 1.14 bits per heavy atom. The molecule has 0 unspecified atom stereocenters. The number of aromatic nitrogens is 1. The monoisotopic (exact) mass is 389 g/mol. The zero-order chi connectivity index (χ0) is 20.8. The molecule has 0 bridgehead atoms. The van der Waals surface area contributed by atoms with Gasteiger partial charge in [0.2, 0.25) is 17.7 Å². The molecule has 1 heterocycles. The number of aliphatic carboxylic acids is 1. The lowest BCUT2D eigenvalue weighted by molar-refractivity contribution is -0.141. The molecule has 0 saturated heterocycles. The lowest BCUT2D eigenvalue weighted by Crippen LogP contribution is -2.55. The van der Waals surface area contributed by atoms with E-state index in [-0.39, 0.29) is 12.8 Å². The van der Waals surface area contributed by atoms with Gasteiger partial charge in [-0.25, -0.2) is 0 Å². The van der Waals surface area contributed by atoms with Crippen LogP contribution in [0.25, 0.3) is 10.9 Å². The van der Waals surface area contributed by atoms with Gasteiger partial charge >= 0.3 is 5.97 Å². The summed E-state index contributed by atoms with van der Waals surface area (Å²) in [6.07, 6.45) is 1.43. The van der Waals surface area contributed by atoms with Gasteiger partial charge < -0.3 is 32.2 Å². The Labute approximate surface area is 160 Å². The Morgan fingerprint density at radius 3 is 2.46 bits per heavy atom. The molecule has 0 fully saturated rings. The molecule has 3 atom stereocenters. The molecule has 0 aliphatic heterocycles. The summed E-state index contributed by atoms with van der Waals surface area (Å²) >= 11 is 0. The van der Waals surface area contributed by atoms with Gasteiger partial charge in [0.1, 0.15) is 12.1 Å². The van der Waals surface area contributed by atoms with Crippen molar-refractivity contribution in [3.05, 3.63) is 36.0 Å². The Hall–Kier alpha value is -3.40. The number of nitrogens with one attached hydrogen (secondary N) is 3. The number of hydrogen-bond acceptors (Lipinski definition) is 5. The van der Waals surface area contributed by atoms with Gasteiger partial charge in [0, 0.05) is 23.5 Å². The van der Waals surface area contributed by atoms with Crippen LogP contribution in [0.2, 0.25) is 0 Å². The highest BCUT2D eigenvalue weighted by Crippen LogP contribution is 2.19. The average Bonchev–Trinajstić information content (AvgIpc) is 3.03. The maximum absolute atomic E-state index is 12.6. The number of carboxylic acids is 1. The molecule has 2 rings (SSSR count). The highest BCUT2D eigenvalue weighted by Gasteiger charge is 2.27. The summed E-state index contributed by atoms with van der Waals surface area (Å²) in [4.78, 5) is 49.9. The van der Waals surface area contributed by atoms with E-state index < -0.39 is 41.8 Å². The molecule has 2 aromatic rings. The largest absolute Gasteiger partial charge is 0.480 e. The summed E-state index contributed by atoms with van der Waals surface area (Å²) in [5, 5.41) is 14.7. The number of hydrogen-bond donors (Lipinski definition) is 6. The molecule has 1 aromatic heterocycles. The van der Waals surface area contributed by atoms with Crippen molar-refractivity contribution in [2.45, 2.75) is 37.9 Å². The number of fused-ring (bicyclic) bond motifs is 1. The summed E-state index contributed by atoms with van der Waals surface area (Å²) in [5.74, 6) is -3.38. The van der Waals surface area contributed by atoms with Crippen LogP contribution in [0, 0.1) is 0 Å². The number of nitrogens with two attached hydrogens (primary N) is 2. The van der Waals surface area contributed by atoms with E-state index >= 15 is 0 Å². The lowest BCUT2D eigenvalue weighted by atomic mass is 10.0. The predicted octanol–water partition coefficient (Wildman–Crippen LogP) is -1.01. The number of primary amides is 1. The topological polar surface area (TPSA) is 180 Å². The van der Waals surface area contributed by atoms with Crippen molar-refractivity contribution in [1.29, 1.82) is 0 Å². The third kappa shape index (κ3) is 5.30. The van der Waals surface area contributed by atoms with Gasteiger partial charge in [-0.3, -0.25) is 19.2 Å². The first-order valence-electron chi connectivity index (χ1n) is 8.61. The quantitative estimate of drug-likeness (QED) is 0.319. The fourth-order valence-electron chi connectivity index (χ4n) is 2.69. The van der Waals surface area contributed by atoms with Crippen LogP contribution in [0.3, 0.4) is 0 Å². The number of benzene rings is 1.